The topological polar surface area (TPSA) is 110 Å². The Hall–Kier alpha value is -2.30. The van der Waals surface area contributed by atoms with Gasteiger partial charge in [0.05, 0.1) is 23.7 Å². The first kappa shape index (κ1) is 21.4. The van der Waals surface area contributed by atoms with Gasteiger partial charge in [0.25, 0.3) is 10.0 Å². The molecule has 1 N–H and O–H groups in total. The number of anilines is 2. The number of amides is 1. The number of rotatable bonds is 6. The lowest BCUT2D eigenvalue weighted by Gasteiger charge is -2.19. The number of carbonyl (C=O) groups excluding carboxylic acids is 1. The smallest absolute Gasteiger partial charge is 0.265 e. The van der Waals surface area contributed by atoms with Crippen LogP contribution >= 0.6 is 11.6 Å². The molecule has 1 saturated heterocycles. The Kier molecular flexibility index (Phi) is 5.79. The Morgan fingerprint density at radius 2 is 1.97 bits per heavy atom. The van der Waals surface area contributed by atoms with Gasteiger partial charge in [-0.25, -0.2) is 21.1 Å². The van der Waals surface area contributed by atoms with Gasteiger partial charge in [-0.05, 0) is 49.7 Å². The van der Waals surface area contributed by atoms with Gasteiger partial charge in [-0.1, -0.05) is 17.7 Å². The molecular weight excluding hydrogens is 440 g/mol. The Morgan fingerprint density at radius 3 is 2.59 bits per heavy atom. The number of halogens is 1. The van der Waals surface area contributed by atoms with Crippen molar-refractivity contribution in [1.82, 2.24) is 0 Å². The first-order chi connectivity index (χ1) is 13.6. The van der Waals surface area contributed by atoms with E-state index in [1.54, 1.807) is 32.0 Å². The molecule has 0 bridgehead atoms. The van der Waals surface area contributed by atoms with E-state index in [-0.39, 0.29) is 40.8 Å². The van der Waals surface area contributed by atoms with Crippen LogP contribution in [-0.4, -0.2) is 35.1 Å². The van der Waals surface area contributed by atoms with Crippen molar-refractivity contribution in [2.24, 2.45) is 0 Å². The quantitative estimate of drug-likeness (QED) is 0.712. The second kappa shape index (κ2) is 7.85. The summed E-state index contributed by atoms with van der Waals surface area (Å²) >= 11 is 6.06. The molecule has 0 atom stereocenters. The van der Waals surface area contributed by atoms with Gasteiger partial charge in [0.1, 0.15) is 10.6 Å². The number of sulfonamides is 2. The molecule has 0 aromatic heterocycles. The normalized spacial score (nSPS) is 16.1. The number of hydrogen-bond acceptors (Lipinski definition) is 6. The molecule has 1 heterocycles. The molecule has 1 aliphatic heterocycles. The third-order valence-corrected chi connectivity index (χ3v) is 7.83. The standard InChI is InChI=1S/C18H19ClN2O6S2/c1-3-27-16-8-7-13(21-18(22)9-10-28(21,23)24)11-17(16)29(25,26)20-15-6-4-5-14(19)12(15)2/h4-8,11,20H,3,9-10H2,1-2H3. The van der Waals surface area contributed by atoms with E-state index >= 15 is 0 Å². The minimum atomic E-state index is -4.18. The highest BCUT2D eigenvalue weighted by molar-refractivity contribution is 7.94. The van der Waals surface area contributed by atoms with Gasteiger partial charge in [0.2, 0.25) is 15.9 Å². The minimum absolute atomic E-state index is 0.0347. The summed E-state index contributed by atoms with van der Waals surface area (Å²) < 4.78 is 59.1. The molecule has 0 unspecified atom stereocenters. The van der Waals surface area contributed by atoms with E-state index < -0.39 is 26.0 Å². The number of benzene rings is 2. The zero-order valence-electron chi connectivity index (χ0n) is 15.7. The summed E-state index contributed by atoms with van der Waals surface area (Å²) in [7, 11) is -8.02. The van der Waals surface area contributed by atoms with Gasteiger partial charge in [-0.3, -0.25) is 9.52 Å². The molecule has 8 nitrogen and oxygen atoms in total. The first-order valence-corrected chi connectivity index (χ1v) is 12.1. The maximum atomic E-state index is 13.1. The number of nitrogens with zero attached hydrogens (tertiary/aromatic N) is 1. The molecule has 29 heavy (non-hydrogen) atoms. The van der Waals surface area contributed by atoms with Crippen molar-refractivity contribution in [2.45, 2.75) is 25.2 Å². The van der Waals surface area contributed by atoms with Crippen LogP contribution in [0.4, 0.5) is 11.4 Å². The second-order valence-electron chi connectivity index (χ2n) is 6.31. The molecule has 1 fully saturated rings. The van der Waals surface area contributed by atoms with E-state index in [4.69, 9.17) is 16.3 Å². The van der Waals surface area contributed by atoms with Gasteiger partial charge in [-0.15, -0.1) is 0 Å². The molecule has 0 radical (unpaired) electrons. The fourth-order valence-corrected chi connectivity index (χ4v) is 5.81. The van der Waals surface area contributed by atoms with Crippen molar-refractivity contribution in [3.8, 4) is 5.75 Å². The van der Waals surface area contributed by atoms with Gasteiger partial charge in [0.15, 0.2) is 0 Å². The number of nitrogens with one attached hydrogen (secondary N) is 1. The molecule has 11 heteroatoms. The largest absolute Gasteiger partial charge is 0.492 e. The van der Waals surface area contributed by atoms with E-state index in [1.807, 2.05) is 0 Å². The lowest BCUT2D eigenvalue weighted by Crippen LogP contribution is -2.29. The van der Waals surface area contributed by atoms with Crippen LogP contribution in [0, 0.1) is 6.92 Å². The fourth-order valence-electron chi connectivity index (χ4n) is 2.89. The van der Waals surface area contributed by atoms with Crippen molar-refractivity contribution in [1.29, 1.82) is 0 Å². The van der Waals surface area contributed by atoms with Crippen LogP contribution in [0.15, 0.2) is 41.3 Å². The van der Waals surface area contributed by atoms with E-state index in [1.165, 1.54) is 12.1 Å². The van der Waals surface area contributed by atoms with E-state index in [9.17, 15) is 21.6 Å². The van der Waals surface area contributed by atoms with Crippen LogP contribution < -0.4 is 13.8 Å². The monoisotopic (exact) mass is 458 g/mol. The van der Waals surface area contributed by atoms with Gasteiger partial charge in [0, 0.05) is 11.4 Å². The van der Waals surface area contributed by atoms with Crippen LogP contribution in [0.3, 0.4) is 0 Å². The van der Waals surface area contributed by atoms with Crippen LogP contribution in [0.5, 0.6) is 5.75 Å². The summed E-state index contributed by atoms with van der Waals surface area (Å²) in [4.78, 5) is 11.8. The van der Waals surface area contributed by atoms with E-state index in [0.717, 1.165) is 6.07 Å². The Labute approximate surface area is 174 Å². The van der Waals surface area contributed by atoms with Crippen LogP contribution in [-0.2, 0) is 24.8 Å². The fraction of sp³-hybridized carbons (Fsp3) is 0.278. The molecule has 2 aromatic rings. The van der Waals surface area contributed by atoms with Gasteiger partial charge in [-0.2, -0.15) is 0 Å². The number of hydrogen-bond donors (Lipinski definition) is 1. The highest BCUT2D eigenvalue weighted by atomic mass is 35.5. The molecule has 1 amide bonds. The van der Waals surface area contributed by atoms with Crippen molar-refractivity contribution in [3.63, 3.8) is 0 Å². The van der Waals surface area contributed by atoms with E-state index in [0.29, 0.717) is 14.9 Å². The SMILES string of the molecule is CCOc1ccc(N2C(=O)CCS2(=O)=O)cc1S(=O)(=O)Nc1cccc(Cl)c1C. The average Bonchev–Trinajstić information content (AvgIpc) is 2.92. The minimum Gasteiger partial charge on any atom is -0.492 e. The third-order valence-electron chi connectivity index (χ3n) is 4.34. The molecular formula is C18H19ClN2O6S2. The Bertz CT molecular complexity index is 1180. The predicted octanol–water partition coefficient (Wildman–Crippen LogP) is 2.91. The summed E-state index contributed by atoms with van der Waals surface area (Å²) in [6.07, 6.45) is -0.155. The maximum absolute atomic E-state index is 13.1. The molecule has 3 rings (SSSR count). The Morgan fingerprint density at radius 1 is 1.24 bits per heavy atom. The molecule has 156 valence electrons. The average molecular weight is 459 g/mol. The highest BCUT2D eigenvalue weighted by Crippen LogP contribution is 2.34. The Balaban J connectivity index is 2.11. The lowest BCUT2D eigenvalue weighted by atomic mass is 10.2. The van der Waals surface area contributed by atoms with Crippen LogP contribution in [0.25, 0.3) is 0 Å². The zero-order chi connectivity index (χ0) is 21.4. The third kappa shape index (κ3) is 4.19. The number of carbonyl (C=O) groups is 1. The molecule has 0 aliphatic carbocycles. The van der Waals surface area contributed by atoms with Crippen molar-refractivity contribution in [2.75, 3.05) is 21.4 Å². The summed E-state index contributed by atoms with van der Waals surface area (Å²) in [5.41, 5.74) is 0.749. The van der Waals surface area contributed by atoms with Crippen molar-refractivity contribution >= 4 is 48.9 Å². The zero-order valence-corrected chi connectivity index (χ0v) is 18.1. The van der Waals surface area contributed by atoms with Crippen LogP contribution in [0.1, 0.15) is 18.9 Å². The van der Waals surface area contributed by atoms with Gasteiger partial charge < -0.3 is 4.74 Å². The van der Waals surface area contributed by atoms with Gasteiger partial charge >= 0.3 is 0 Å². The summed E-state index contributed by atoms with van der Waals surface area (Å²) in [5, 5.41) is 0.387. The lowest BCUT2D eigenvalue weighted by molar-refractivity contribution is -0.116. The van der Waals surface area contributed by atoms with Crippen LogP contribution in [0.2, 0.25) is 5.02 Å². The maximum Gasteiger partial charge on any atom is 0.265 e. The summed E-state index contributed by atoms with van der Waals surface area (Å²) in [6.45, 7) is 3.54. The second-order valence-corrected chi connectivity index (χ2v) is 10.3. The highest BCUT2D eigenvalue weighted by Gasteiger charge is 2.37. The summed E-state index contributed by atoms with van der Waals surface area (Å²) in [6, 6.07) is 8.58. The molecule has 1 aliphatic rings. The summed E-state index contributed by atoms with van der Waals surface area (Å²) in [5.74, 6) is -0.898. The van der Waals surface area contributed by atoms with Crippen molar-refractivity contribution in [3.05, 3.63) is 47.0 Å². The molecule has 0 saturated carbocycles. The molecule has 0 spiro atoms. The number of ether oxygens (including phenoxy) is 1. The van der Waals surface area contributed by atoms with E-state index in [2.05, 4.69) is 4.72 Å². The molecule has 2 aromatic carbocycles. The van der Waals surface area contributed by atoms with Crippen molar-refractivity contribution < 1.29 is 26.4 Å². The first-order valence-electron chi connectivity index (χ1n) is 8.67. The predicted molar refractivity (Wildman–Crippen MR) is 110 cm³/mol.